The average molecular weight is 228 g/mol. The Labute approximate surface area is 95.8 Å². The van der Waals surface area contributed by atoms with E-state index in [0.29, 0.717) is 6.04 Å². The second-order valence-corrected chi connectivity index (χ2v) is 4.73. The number of nitrogens with zero attached hydrogens (tertiary/aromatic N) is 1. The van der Waals surface area contributed by atoms with Gasteiger partial charge in [-0.3, -0.25) is 9.69 Å². The predicted octanol–water partition coefficient (Wildman–Crippen LogP) is -0.0861. The van der Waals surface area contributed by atoms with Gasteiger partial charge in [0, 0.05) is 25.7 Å². The topological polar surface area (TPSA) is 61.8 Å². The molecular weight excluding hydrogens is 208 g/mol. The fraction of sp³-hybridized carbons (Fsp3) is 0.909. The summed E-state index contributed by atoms with van der Waals surface area (Å²) in [6, 6.07) is 0.371. The molecule has 16 heavy (non-hydrogen) atoms. The van der Waals surface area contributed by atoms with Crippen molar-refractivity contribution < 1.29 is 14.6 Å². The molecule has 0 spiro atoms. The van der Waals surface area contributed by atoms with Crippen molar-refractivity contribution in [1.29, 1.82) is 0 Å². The maximum Gasteiger partial charge on any atom is 0.305 e. The predicted molar refractivity (Wildman–Crippen MR) is 59.5 cm³/mol. The lowest BCUT2D eigenvalue weighted by atomic mass is 9.84. The molecule has 2 N–H and O–H groups in total. The molecule has 1 atom stereocenters. The zero-order valence-electron chi connectivity index (χ0n) is 9.74. The van der Waals surface area contributed by atoms with Crippen LogP contribution in [-0.4, -0.2) is 60.4 Å². The van der Waals surface area contributed by atoms with E-state index in [1.165, 1.54) is 0 Å². The highest BCUT2D eigenvalue weighted by Gasteiger charge is 2.47. The van der Waals surface area contributed by atoms with Gasteiger partial charge in [0.2, 0.25) is 0 Å². The van der Waals surface area contributed by atoms with Gasteiger partial charge in [-0.2, -0.15) is 0 Å². The molecule has 5 nitrogen and oxygen atoms in total. The first-order valence-corrected chi connectivity index (χ1v) is 5.95. The summed E-state index contributed by atoms with van der Waals surface area (Å²) in [5.74, 6) is -0.706. The van der Waals surface area contributed by atoms with Crippen molar-refractivity contribution in [2.24, 2.45) is 0 Å². The Morgan fingerprint density at radius 3 is 2.88 bits per heavy atom. The number of ether oxygens (including phenoxy) is 1. The number of carboxylic acid groups (broad SMARTS) is 1. The summed E-state index contributed by atoms with van der Waals surface area (Å²) >= 11 is 0. The molecule has 2 rings (SSSR count). The van der Waals surface area contributed by atoms with Gasteiger partial charge in [0.05, 0.1) is 25.2 Å². The molecule has 0 aromatic heterocycles. The summed E-state index contributed by atoms with van der Waals surface area (Å²) < 4.78 is 5.46. The van der Waals surface area contributed by atoms with Crippen LogP contribution in [0.2, 0.25) is 0 Å². The van der Waals surface area contributed by atoms with Crippen LogP contribution >= 0.6 is 0 Å². The summed E-state index contributed by atoms with van der Waals surface area (Å²) in [6.07, 6.45) is 1.25. The van der Waals surface area contributed by atoms with Crippen LogP contribution < -0.4 is 5.32 Å². The first-order valence-electron chi connectivity index (χ1n) is 5.95. The molecule has 2 fully saturated rings. The number of nitrogens with one attached hydrogen (secondary N) is 1. The van der Waals surface area contributed by atoms with Crippen LogP contribution in [-0.2, 0) is 9.53 Å². The molecule has 0 aromatic carbocycles. The van der Waals surface area contributed by atoms with E-state index in [1.54, 1.807) is 0 Å². The zero-order chi connectivity index (χ0) is 11.6. The van der Waals surface area contributed by atoms with Crippen molar-refractivity contribution in [1.82, 2.24) is 10.2 Å². The van der Waals surface area contributed by atoms with Crippen molar-refractivity contribution >= 4 is 5.97 Å². The number of hydrogen-bond acceptors (Lipinski definition) is 4. The molecule has 0 aromatic rings. The number of carbonyl (C=O) groups is 1. The highest BCUT2D eigenvalue weighted by molar-refractivity contribution is 5.69. The summed E-state index contributed by atoms with van der Waals surface area (Å²) in [5, 5.41) is 12.2. The summed E-state index contributed by atoms with van der Waals surface area (Å²) in [4.78, 5) is 13.3. The van der Waals surface area contributed by atoms with E-state index >= 15 is 0 Å². The maximum atomic E-state index is 11.0. The lowest BCUT2D eigenvalue weighted by Crippen LogP contribution is -2.73. The molecule has 92 valence electrons. The summed E-state index contributed by atoms with van der Waals surface area (Å²) in [6.45, 7) is 6.02. The summed E-state index contributed by atoms with van der Waals surface area (Å²) in [5.41, 5.74) is -0.170. The average Bonchev–Trinajstić information content (AvgIpc) is 2.23. The van der Waals surface area contributed by atoms with Crippen LogP contribution in [0.4, 0.5) is 0 Å². The summed E-state index contributed by atoms with van der Waals surface area (Å²) in [7, 11) is 0. The lowest BCUT2D eigenvalue weighted by Gasteiger charge is -2.54. The number of hydrogen-bond donors (Lipinski definition) is 2. The Balaban J connectivity index is 2.09. The van der Waals surface area contributed by atoms with Crippen LogP contribution in [0.1, 0.15) is 19.8 Å². The van der Waals surface area contributed by atoms with Gasteiger partial charge in [-0.1, -0.05) is 6.92 Å². The highest BCUT2D eigenvalue weighted by Crippen LogP contribution is 2.29. The quantitative estimate of drug-likeness (QED) is 0.704. The molecule has 2 heterocycles. The Morgan fingerprint density at radius 1 is 1.62 bits per heavy atom. The Hall–Kier alpha value is -0.650. The maximum absolute atomic E-state index is 11.0. The number of carboxylic acids is 1. The Morgan fingerprint density at radius 2 is 2.38 bits per heavy atom. The van der Waals surface area contributed by atoms with Gasteiger partial charge >= 0.3 is 5.97 Å². The molecule has 2 saturated heterocycles. The smallest absolute Gasteiger partial charge is 0.305 e. The first-order chi connectivity index (χ1) is 7.68. The van der Waals surface area contributed by atoms with E-state index in [2.05, 4.69) is 17.1 Å². The third kappa shape index (κ3) is 2.07. The van der Waals surface area contributed by atoms with Gasteiger partial charge < -0.3 is 15.2 Å². The van der Waals surface area contributed by atoms with Crippen LogP contribution in [0.25, 0.3) is 0 Å². The molecule has 0 aliphatic carbocycles. The molecule has 1 unspecified atom stereocenters. The Kier molecular flexibility index (Phi) is 3.47. The van der Waals surface area contributed by atoms with E-state index in [4.69, 9.17) is 9.84 Å². The normalized spacial score (nSPS) is 29.7. The minimum Gasteiger partial charge on any atom is -0.481 e. The van der Waals surface area contributed by atoms with Crippen LogP contribution in [0.15, 0.2) is 0 Å². The van der Waals surface area contributed by atoms with Crippen molar-refractivity contribution in [2.75, 3.05) is 32.8 Å². The molecule has 2 aliphatic heterocycles. The van der Waals surface area contributed by atoms with Gasteiger partial charge in [0.25, 0.3) is 0 Å². The van der Waals surface area contributed by atoms with Crippen molar-refractivity contribution in [3.63, 3.8) is 0 Å². The SMILES string of the molecule is CCC1COCCN1C1(CC(=O)O)CNC1. The van der Waals surface area contributed by atoms with E-state index in [0.717, 1.165) is 39.3 Å². The van der Waals surface area contributed by atoms with E-state index in [-0.39, 0.29) is 12.0 Å². The zero-order valence-corrected chi connectivity index (χ0v) is 9.74. The molecule has 0 radical (unpaired) electrons. The first kappa shape index (κ1) is 11.8. The second-order valence-electron chi connectivity index (χ2n) is 4.73. The van der Waals surface area contributed by atoms with Gasteiger partial charge in [-0.15, -0.1) is 0 Å². The molecule has 0 amide bonds. The van der Waals surface area contributed by atoms with Crippen molar-refractivity contribution in [2.45, 2.75) is 31.3 Å². The van der Waals surface area contributed by atoms with Gasteiger partial charge in [0.15, 0.2) is 0 Å². The monoisotopic (exact) mass is 228 g/mol. The van der Waals surface area contributed by atoms with Crippen molar-refractivity contribution in [3.05, 3.63) is 0 Å². The van der Waals surface area contributed by atoms with Crippen molar-refractivity contribution in [3.8, 4) is 0 Å². The van der Waals surface area contributed by atoms with Crippen LogP contribution in [0.3, 0.4) is 0 Å². The molecule has 2 aliphatic rings. The van der Waals surface area contributed by atoms with E-state index in [1.807, 2.05) is 0 Å². The number of rotatable bonds is 4. The van der Waals surface area contributed by atoms with Gasteiger partial charge in [0.1, 0.15) is 0 Å². The van der Waals surface area contributed by atoms with E-state index in [9.17, 15) is 4.79 Å². The third-order valence-corrected chi connectivity index (χ3v) is 3.70. The minimum atomic E-state index is -0.706. The third-order valence-electron chi connectivity index (χ3n) is 3.70. The number of morpholine rings is 1. The fourth-order valence-corrected chi connectivity index (χ4v) is 2.74. The molecule has 5 heteroatoms. The molecule has 0 saturated carbocycles. The second kappa shape index (κ2) is 4.69. The van der Waals surface area contributed by atoms with Gasteiger partial charge in [-0.25, -0.2) is 0 Å². The standard InChI is InChI=1S/C11H20N2O3/c1-2-9-6-16-4-3-13(9)11(5-10(14)15)7-12-8-11/h9,12H,2-8H2,1H3,(H,14,15). The fourth-order valence-electron chi connectivity index (χ4n) is 2.74. The largest absolute Gasteiger partial charge is 0.481 e. The van der Waals surface area contributed by atoms with Crippen LogP contribution in [0.5, 0.6) is 0 Å². The minimum absolute atomic E-state index is 0.170. The van der Waals surface area contributed by atoms with E-state index < -0.39 is 5.97 Å². The highest BCUT2D eigenvalue weighted by atomic mass is 16.5. The number of aliphatic carboxylic acids is 1. The molecular formula is C11H20N2O3. The Bertz CT molecular complexity index is 266. The van der Waals surface area contributed by atoms with Crippen LogP contribution in [0, 0.1) is 0 Å². The molecule has 0 bridgehead atoms. The van der Waals surface area contributed by atoms with Gasteiger partial charge in [-0.05, 0) is 6.42 Å². The lowest BCUT2D eigenvalue weighted by molar-refractivity contribution is -0.146.